The SMILES string of the molecule is CC(C)Oc1ccc(C2=C(N3CCOCC3)C(=O)N(CCc3ccc(F)cc3)C2=O)cc1. The van der Waals surface area contributed by atoms with E-state index in [4.69, 9.17) is 9.47 Å². The van der Waals surface area contributed by atoms with Crippen LogP contribution in [0, 0.1) is 5.82 Å². The molecule has 2 aromatic carbocycles. The standard InChI is InChI=1S/C25H27FN2O4/c1-17(2)32-21-9-5-19(6-10-21)22-23(27-13-15-31-16-14-27)25(30)28(24(22)29)12-11-18-3-7-20(26)8-4-18/h3-10,17H,11-16H2,1-2H3. The molecule has 32 heavy (non-hydrogen) atoms. The minimum absolute atomic E-state index is 0.0422. The average molecular weight is 438 g/mol. The molecule has 7 heteroatoms. The lowest BCUT2D eigenvalue weighted by Gasteiger charge is -2.29. The Morgan fingerprint density at radius 3 is 2.25 bits per heavy atom. The molecular weight excluding hydrogens is 411 g/mol. The summed E-state index contributed by atoms with van der Waals surface area (Å²) in [5, 5.41) is 0. The Morgan fingerprint density at radius 2 is 1.62 bits per heavy atom. The highest BCUT2D eigenvalue weighted by Crippen LogP contribution is 2.33. The van der Waals surface area contributed by atoms with Crippen LogP contribution in [0.5, 0.6) is 5.75 Å². The fourth-order valence-electron chi connectivity index (χ4n) is 3.97. The summed E-state index contributed by atoms with van der Waals surface area (Å²) < 4.78 is 24.3. The molecule has 2 aliphatic rings. The molecule has 0 spiro atoms. The van der Waals surface area contributed by atoms with E-state index in [2.05, 4.69) is 0 Å². The van der Waals surface area contributed by atoms with E-state index < -0.39 is 0 Å². The summed E-state index contributed by atoms with van der Waals surface area (Å²) in [4.78, 5) is 30.0. The van der Waals surface area contributed by atoms with Crippen LogP contribution < -0.4 is 4.74 Å². The van der Waals surface area contributed by atoms with E-state index in [9.17, 15) is 14.0 Å². The van der Waals surface area contributed by atoms with Gasteiger partial charge in [0.2, 0.25) is 0 Å². The van der Waals surface area contributed by atoms with Crippen LogP contribution in [0.15, 0.2) is 54.2 Å². The van der Waals surface area contributed by atoms with Gasteiger partial charge in [-0.3, -0.25) is 14.5 Å². The lowest BCUT2D eigenvalue weighted by Crippen LogP contribution is -2.40. The van der Waals surface area contributed by atoms with Crippen molar-refractivity contribution in [3.63, 3.8) is 0 Å². The highest BCUT2D eigenvalue weighted by atomic mass is 19.1. The number of amides is 2. The number of hydrogen-bond donors (Lipinski definition) is 0. The third-order valence-corrected chi connectivity index (χ3v) is 5.52. The number of ether oxygens (including phenoxy) is 2. The zero-order valence-corrected chi connectivity index (χ0v) is 18.3. The van der Waals surface area contributed by atoms with Crippen LogP contribution >= 0.6 is 0 Å². The Hall–Kier alpha value is -3.19. The molecule has 0 aliphatic carbocycles. The number of halogens is 1. The lowest BCUT2D eigenvalue weighted by atomic mass is 10.0. The number of hydrogen-bond acceptors (Lipinski definition) is 5. The summed E-state index contributed by atoms with van der Waals surface area (Å²) in [6.45, 7) is 6.26. The Labute approximate surface area is 187 Å². The number of morpholine rings is 1. The van der Waals surface area contributed by atoms with Gasteiger partial charge in [0.25, 0.3) is 11.8 Å². The molecule has 6 nitrogen and oxygen atoms in total. The van der Waals surface area contributed by atoms with E-state index in [1.54, 1.807) is 12.1 Å². The molecule has 0 bridgehead atoms. The molecule has 168 valence electrons. The van der Waals surface area contributed by atoms with Crippen molar-refractivity contribution in [3.05, 3.63) is 71.2 Å². The van der Waals surface area contributed by atoms with Gasteiger partial charge in [-0.25, -0.2) is 4.39 Å². The summed E-state index contributed by atoms with van der Waals surface area (Å²) >= 11 is 0. The van der Waals surface area contributed by atoms with Crippen molar-refractivity contribution in [3.8, 4) is 5.75 Å². The Morgan fingerprint density at radius 1 is 0.969 bits per heavy atom. The van der Waals surface area contributed by atoms with Gasteiger partial charge < -0.3 is 14.4 Å². The third-order valence-electron chi connectivity index (χ3n) is 5.52. The van der Waals surface area contributed by atoms with Crippen LogP contribution in [0.4, 0.5) is 4.39 Å². The fourth-order valence-corrected chi connectivity index (χ4v) is 3.97. The van der Waals surface area contributed by atoms with Gasteiger partial charge in [-0.1, -0.05) is 24.3 Å². The number of carbonyl (C=O) groups is 2. The molecule has 0 radical (unpaired) electrons. The zero-order valence-electron chi connectivity index (χ0n) is 18.3. The molecule has 2 aliphatic heterocycles. The topological polar surface area (TPSA) is 59.1 Å². The molecule has 0 unspecified atom stereocenters. The second-order valence-electron chi connectivity index (χ2n) is 8.15. The van der Waals surface area contributed by atoms with Crippen LogP contribution in [-0.2, 0) is 20.7 Å². The molecule has 0 N–H and O–H groups in total. The zero-order chi connectivity index (χ0) is 22.7. The normalized spacial score (nSPS) is 17.0. The average Bonchev–Trinajstić information content (AvgIpc) is 3.04. The lowest BCUT2D eigenvalue weighted by molar-refractivity contribution is -0.137. The van der Waals surface area contributed by atoms with Crippen molar-refractivity contribution in [1.29, 1.82) is 0 Å². The van der Waals surface area contributed by atoms with Crippen LogP contribution in [-0.4, -0.2) is 60.6 Å². The van der Waals surface area contributed by atoms with Gasteiger partial charge in [-0.2, -0.15) is 0 Å². The first-order valence-electron chi connectivity index (χ1n) is 10.9. The fraction of sp³-hybridized carbons (Fsp3) is 0.360. The van der Waals surface area contributed by atoms with Gasteiger partial charge >= 0.3 is 0 Å². The predicted octanol–water partition coefficient (Wildman–Crippen LogP) is 3.27. The number of nitrogens with zero attached hydrogens (tertiary/aromatic N) is 2. The van der Waals surface area contributed by atoms with Gasteiger partial charge in [0.15, 0.2) is 0 Å². The maximum Gasteiger partial charge on any atom is 0.277 e. The van der Waals surface area contributed by atoms with Gasteiger partial charge in [0.1, 0.15) is 17.3 Å². The second kappa shape index (κ2) is 9.53. The highest BCUT2D eigenvalue weighted by molar-refractivity contribution is 6.35. The van der Waals surface area contributed by atoms with E-state index in [-0.39, 0.29) is 30.3 Å². The van der Waals surface area contributed by atoms with Crippen LogP contribution in [0.3, 0.4) is 0 Å². The van der Waals surface area contributed by atoms with E-state index >= 15 is 0 Å². The van der Waals surface area contributed by atoms with E-state index in [1.165, 1.54) is 17.0 Å². The van der Waals surface area contributed by atoms with Gasteiger partial charge in [-0.05, 0) is 55.7 Å². The minimum Gasteiger partial charge on any atom is -0.491 e. The smallest absolute Gasteiger partial charge is 0.277 e. The van der Waals surface area contributed by atoms with Crippen molar-refractivity contribution in [1.82, 2.24) is 9.80 Å². The third kappa shape index (κ3) is 4.67. The van der Waals surface area contributed by atoms with Gasteiger partial charge in [0, 0.05) is 19.6 Å². The molecule has 0 aromatic heterocycles. The summed E-state index contributed by atoms with van der Waals surface area (Å²) in [5.41, 5.74) is 2.39. The van der Waals surface area contributed by atoms with Crippen molar-refractivity contribution >= 4 is 17.4 Å². The van der Waals surface area contributed by atoms with E-state index in [0.29, 0.717) is 55.3 Å². The summed E-state index contributed by atoms with van der Waals surface area (Å²) in [6.07, 6.45) is 0.503. The van der Waals surface area contributed by atoms with Crippen molar-refractivity contribution in [2.45, 2.75) is 26.4 Å². The van der Waals surface area contributed by atoms with Crippen molar-refractivity contribution in [2.24, 2.45) is 0 Å². The van der Waals surface area contributed by atoms with Crippen molar-refractivity contribution in [2.75, 3.05) is 32.8 Å². The van der Waals surface area contributed by atoms with E-state index in [0.717, 1.165) is 5.56 Å². The molecule has 4 rings (SSSR count). The molecule has 2 heterocycles. The van der Waals surface area contributed by atoms with Crippen LogP contribution in [0.25, 0.3) is 5.57 Å². The van der Waals surface area contributed by atoms with Crippen molar-refractivity contribution < 1.29 is 23.5 Å². The Bertz CT molecular complexity index is 1010. The summed E-state index contributed by atoms with van der Waals surface area (Å²) in [5.74, 6) is -0.208. The first-order chi connectivity index (χ1) is 15.4. The molecule has 1 saturated heterocycles. The second-order valence-corrected chi connectivity index (χ2v) is 8.15. The molecular formula is C25H27FN2O4. The Balaban J connectivity index is 1.61. The molecule has 0 saturated carbocycles. The van der Waals surface area contributed by atoms with Crippen LogP contribution in [0.1, 0.15) is 25.0 Å². The summed E-state index contributed by atoms with van der Waals surface area (Å²) in [6, 6.07) is 13.4. The quantitative estimate of drug-likeness (QED) is 0.621. The maximum absolute atomic E-state index is 13.4. The molecule has 2 aromatic rings. The van der Waals surface area contributed by atoms with Gasteiger partial charge in [0.05, 0.1) is 24.9 Å². The summed E-state index contributed by atoms with van der Waals surface area (Å²) in [7, 11) is 0. The maximum atomic E-state index is 13.4. The minimum atomic E-state index is -0.314. The first kappa shape index (κ1) is 22.0. The van der Waals surface area contributed by atoms with Gasteiger partial charge in [-0.15, -0.1) is 0 Å². The molecule has 1 fully saturated rings. The predicted molar refractivity (Wildman–Crippen MR) is 118 cm³/mol. The number of carbonyl (C=O) groups excluding carboxylic acids is 2. The van der Waals surface area contributed by atoms with Crippen LogP contribution in [0.2, 0.25) is 0 Å². The number of benzene rings is 2. The monoisotopic (exact) mass is 438 g/mol. The number of rotatable bonds is 7. The highest BCUT2D eigenvalue weighted by Gasteiger charge is 2.41. The number of imide groups is 1. The first-order valence-corrected chi connectivity index (χ1v) is 10.9. The Kier molecular flexibility index (Phi) is 6.55. The largest absolute Gasteiger partial charge is 0.491 e. The van der Waals surface area contributed by atoms with E-state index in [1.807, 2.05) is 43.0 Å². The molecule has 0 atom stereocenters. The molecule has 2 amide bonds.